The maximum atomic E-state index is 14.4. The molecule has 140 valence electrons. The second-order valence-electron chi connectivity index (χ2n) is 6.66. The van der Waals surface area contributed by atoms with E-state index in [1.165, 1.54) is 12.1 Å². The zero-order valence-electron chi connectivity index (χ0n) is 15.3. The molecule has 0 unspecified atom stereocenters. The summed E-state index contributed by atoms with van der Waals surface area (Å²) < 4.78 is 29.9. The number of aryl methyl sites for hydroxylation is 2. The first-order valence-corrected chi connectivity index (χ1v) is 8.75. The number of benzene rings is 2. The first-order chi connectivity index (χ1) is 13.4. The molecule has 0 saturated carbocycles. The van der Waals surface area contributed by atoms with E-state index in [4.69, 9.17) is 0 Å². The third kappa shape index (κ3) is 3.13. The topological polar surface area (TPSA) is 46.4 Å². The van der Waals surface area contributed by atoms with Crippen LogP contribution in [-0.2, 0) is 0 Å². The Morgan fingerprint density at radius 3 is 2.50 bits per heavy atom. The monoisotopic (exact) mass is 377 g/mol. The van der Waals surface area contributed by atoms with Gasteiger partial charge in [0.2, 0.25) is 0 Å². The van der Waals surface area contributed by atoms with Crippen molar-refractivity contribution in [2.24, 2.45) is 0 Å². The van der Waals surface area contributed by atoms with E-state index < -0.39 is 11.6 Å². The number of carbonyl (C=O) groups excluding carboxylic acids is 1. The summed E-state index contributed by atoms with van der Waals surface area (Å²) in [5.41, 5.74) is 3.13. The normalized spacial score (nSPS) is 11.0. The van der Waals surface area contributed by atoms with E-state index in [1.807, 2.05) is 38.1 Å². The quantitative estimate of drug-likeness (QED) is 0.537. The standard InChI is InChI=1S/C22H17F2N3O/c1-13-6-8-15(9-7-13)22(28)26-21-20(16-4-3-5-17(23)19(16)24)25-18-12-14(2)10-11-27(18)21/h3-12H,1-2H3,(H,26,28). The molecule has 0 aliphatic heterocycles. The lowest BCUT2D eigenvalue weighted by Gasteiger charge is -2.09. The van der Waals surface area contributed by atoms with Crippen molar-refractivity contribution in [2.45, 2.75) is 13.8 Å². The zero-order valence-corrected chi connectivity index (χ0v) is 15.3. The molecule has 4 aromatic rings. The minimum absolute atomic E-state index is 0.0134. The average Bonchev–Trinajstić information content (AvgIpc) is 3.01. The highest BCUT2D eigenvalue weighted by atomic mass is 19.2. The fourth-order valence-electron chi connectivity index (χ4n) is 3.03. The van der Waals surface area contributed by atoms with Crippen LogP contribution in [0.4, 0.5) is 14.6 Å². The van der Waals surface area contributed by atoms with Crippen molar-refractivity contribution in [1.82, 2.24) is 9.38 Å². The fraction of sp³-hybridized carbons (Fsp3) is 0.0909. The number of halogens is 2. The lowest BCUT2D eigenvalue weighted by Crippen LogP contribution is -2.14. The summed E-state index contributed by atoms with van der Waals surface area (Å²) in [6.45, 7) is 3.83. The molecule has 0 bridgehead atoms. The van der Waals surface area contributed by atoms with E-state index in [1.54, 1.807) is 22.7 Å². The molecule has 0 aliphatic carbocycles. The Kier molecular flexibility index (Phi) is 4.39. The molecule has 0 saturated heterocycles. The van der Waals surface area contributed by atoms with Gasteiger partial charge in [0.25, 0.3) is 5.91 Å². The van der Waals surface area contributed by atoms with E-state index in [9.17, 15) is 13.6 Å². The first-order valence-electron chi connectivity index (χ1n) is 8.75. The van der Waals surface area contributed by atoms with E-state index in [2.05, 4.69) is 10.3 Å². The van der Waals surface area contributed by atoms with Gasteiger partial charge in [-0.1, -0.05) is 23.8 Å². The molecule has 28 heavy (non-hydrogen) atoms. The lowest BCUT2D eigenvalue weighted by atomic mass is 10.1. The third-order valence-electron chi connectivity index (χ3n) is 4.53. The summed E-state index contributed by atoms with van der Waals surface area (Å²) >= 11 is 0. The van der Waals surface area contributed by atoms with Gasteiger partial charge >= 0.3 is 0 Å². The molecule has 0 spiro atoms. The molecule has 4 nitrogen and oxygen atoms in total. The Morgan fingerprint density at radius 2 is 1.75 bits per heavy atom. The largest absolute Gasteiger partial charge is 0.306 e. The van der Waals surface area contributed by atoms with Crippen molar-refractivity contribution in [1.29, 1.82) is 0 Å². The van der Waals surface area contributed by atoms with Crippen LogP contribution < -0.4 is 5.32 Å². The van der Waals surface area contributed by atoms with Crippen LogP contribution in [0.5, 0.6) is 0 Å². The number of aromatic nitrogens is 2. The molecule has 4 rings (SSSR count). The summed E-state index contributed by atoms with van der Waals surface area (Å²) in [6, 6.07) is 14.6. The van der Waals surface area contributed by atoms with Crippen LogP contribution in [0, 0.1) is 25.5 Å². The summed E-state index contributed by atoms with van der Waals surface area (Å²) in [4.78, 5) is 17.2. The smallest absolute Gasteiger partial charge is 0.256 e. The summed E-state index contributed by atoms with van der Waals surface area (Å²) in [6.07, 6.45) is 1.74. The lowest BCUT2D eigenvalue weighted by molar-refractivity contribution is 0.102. The van der Waals surface area contributed by atoms with E-state index in [-0.39, 0.29) is 23.0 Å². The minimum Gasteiger partial charge on any atom is -0.306 e. The van der Waals surface area contributed by atoms with Crippen LogP contribution in [-0.4, -0.2) is 15.3 Å². The Balaban J connectivity index is 1.87. The predicted molar refractivity (Wildman–Crippen MR) is 104 cm³/mol. The van der Waals surface area contributed by atoms with Gasteiger partial charge in [0.15, 0.2) is 11.6 Å². The molecule has 1 amide bonds. The number of hydrogen-bond donors (Lipinski definition) is 1. The Bertz CT molecular complexity index is 1200. The number of nitrogens with zero attached hydrogens (tertiary/aromatic N) is 2. The molecule has 0 atom stereocenters. The summed E-state index contributed by atoms with van der Waals surface area (Å²) in [7, 11) is 0. The van der Waals surface area contributed by atoms with Crippen LogP contribution in [0.2, 0.25) is 0 Å². The van der Waals surface area contributed by atoms with Crippen LogP contribution >= 0.6 is 0 Å². The number of carbonyl (C=O) groups is 1. The summed E-state index contributed by atoms with van der Waals surface area (Å²) in [5, 5.41) is 2.81. The van der Waals surface area contributed by atoms with Crippen molar-refractivity contribution >= 4 is 17.4 Å². The Hall–Kier alpha value is -3.54. The number of amides is 1. The van der Waals surface area contributed by atoms with Crippen LogP contribution in [0.1, 0.15) is 21.5 Å². The first kappa shape index (κ1) is 17.9. The number of anilines is 1. The highest BCUT2D eigenvalue weighted by Crippen LogP contribution is 2.32. The van der Waals surface area contributed by atoms with E-state index in [0.717, 1.165) is 17.2 Å². The number of fused-ring (bicyclic) bond motifs is 1. The molecular weight excluding hydrogens is 360 g/mol. The van der Waals surface area contributed by atoms with Gasteiger partial charge in [-0.05, 0) is 55.8 Å². The molecular formula is C22H17F2N3O. The van der Waals surface area contributed by atoms with Crippen molar-refractivity contribution in [3.8, 4) is 11.3 Å². The minimum atomic E-state index is -1.01. The van der Waals surface area contributed by atoms with Crippen molar-refractivity contribution in [3.63, 3.8) is 0 Å². The molecule has 2 aromatic carbocycles. The molecule has 2 aromatic heterocycles. The van der Waals surface area contributed by atoms with Gasteiger partial charge in [0.1, 0.15) is 17.2 Å². The molecule has 0 radical (unpaired) electrons. The number of rotatable bonds is 3. The highest BCUT2D eigenvalue weighted by Gasteiger charge is 2.21. The molecule has 1 N–H and O–H groups in total. The Morgan fingerprint density at radius 1 is 1.00 bits per heavy atom. The predicted octanol–water partition coefficient (Wildman–Crippen LogP) is 5.15. The van der Waals surface area contributed by atoms with Gasteiger partial charge in [0.05, 0.1) is 0 Å². The van der Waals surface area contributed by atoms with Gasteiger partial charge in [-0.15, -0.1) is 0 Å². The maximum absolute atomic E-state index is 14.4. The number of hydrogen-bond acceptors (Lipinski definition) is 2. The molecule has 0 fully saturated rings. The van der Waals surface area contributed by atoms with Gasteiger partial charge in [-0.25, -0.2) is 13.8 Å². The van der Waals surface area contributed by atoms with Crippen LogP contribution in [0.3, 0.4) is 0 Å². The van der Waals surface area contributed by atoms with Crippen LogP contribution in [0.25, 0.3) is 16.9 Å². The molecule has 6 heteroatoms. The number of pyridine rings is 1. The highest BCUT2D eigenvalue weighted by molar-refractivity contribution is 6.05. The van der Waals surface area contributed by atoms with Crippen molar-refractivity contribution in [2.75, 3.05) is 5.32 Å². The van der Waals surface area contributed by atoms with Crippen molar-refractivity contribution in [3.05, 3.63) is 89.1 Å². The zero-order chi connectivity index (χ0) is 19.8. The van der Waals surface area contributed by atoms with Crippen molar-refractivity contribution < 1.29 is 13.6 Å². The number of nitrogens with one attached hydrogen (secondary N) is 1. The van der Waals surface area contributed by atoms with Crippen LogP contribution in [0.15, 0.2) is 60.8 Å². The second kappa shape index (κ2) is 6.88. The SMILES string of the molecule is Cc1ccc(C(=O)Nc2c(-c3cccc(F)c3F)nc3cc(C)ccn23)cc1. The Labute approximate surface area is 160 Å². The number of imidazole rings is 1. The molecule has 0 aliphatic rings. The van der Waals surface area contributed by atoms with E-state index >= 15 is 0 Å². The van der Waals surface area contributed by atoms with E-state index in [0.29, 0.717) is 11.2 Å². The third-order valence-corrected chi connectivity index (χ3v) is 4.53. The fourth-order valence-corrected chi connectivity index (χ4v) is 3.03. The summed E-state index contributed by atoms with van der Waals surface area (Å²) in [5.74, 6) is -2.06. The average molecular weight is 377 g/mol. The van der Waals surface area contributed by atoms with Gasteiger partial charge < -0.3 is 5.32 Å². The van der Waals surface area contributed by atoms with Gasteiger partial charge in [0, 0.05) is 17.3 Å². The molecule has 2 heterocycles. The van der Waals surface area contributed by atoms with Gasteiger partial charge in [-0.3, -0.25) is 9.20 Å². The van der Waals surface area contributed by atoms with Gasteiger partial charge in [-0.2, -0.15) is 0 Å². The second-order valence-corrected chi connectivity index (χ2v) is 6.66. The maximum Gasteiger partial charge on any atom is 0.256 e.